The average Bonchev–Trinajstić information content (AvgIpc) is 3.56. The number of nitrogens with one attached hydrogen (secondary N) is 3. The maximum atomic E-state index is 13.4. The molecule has 2 atom stereocenters. The summed E-state index contributed by atoms with van der Waals surface area (Å²) in [5, 5.41) is 25.7. The van der Waals surface area contributed by atoms with Gasteiger partial charge in [0.2, 0.25) is 24.5 Å². The minimum atomic E-state index is -1.00. The molecule has 3 heterocycles. The lowest BCUT2D eigenvalue weighted by molar-refractivity contribution is -0.123. The Labute approximate surface area is 247 Å². The van der Waals surface area contributed by atoms with Gasteiger partial charge < -0.3 is 39.8 Å². The lowest BCUT2D eigenvalue weighted by Crippen LogP contribution is -2.45. The van der Waals surface area contributed by atoms with Crippen LogP contribution in [0.5, 0.6) is 34.8 Å². The average molecular weight is 592 g/mol. The molecule has 226 valence electrons. The van der Waals surface area contributed by atoms with E-state index >= 15 is 0 Å². The smallest absolute Gasteiger partial charge is 0.244 e. The van der Waals surface area contributed by atoms with E-state index in [4.69, 9.17) is 18.9 Å². The van der Waals surface area contributed by atoms with Gasteiger partial charge >= 0.3 is 0 Å². The summed E-state index contributed by atoms with van der Waals surface area (Å²) < 4.78 is 22.0. The number of ether oxygens (including phenoxy) is 4. The van der Waals surface area contributed by atoms with Gasteiger partial charge in [0.25, 0.3) is 0 Å². The van der Waals surface area contributed by atoms with Crippen LogP contribution in [0.2, 0.25) is 0 Å². The Balaban J connectivity index is 1.34. The number of carbonyl (C=O) groups excluding carboxylic acids is 3. The summed E-state index contributed by atoms with van der Waals surface area (Å²) >= 11 is 0. The molecule has 2 aliphatic heterocycles. The molecule has 12 nitrogen and oxygen atoms in total. The van der Waals surface area contributed by atoms with Gasteiger partial charge in [-0.3, -0.25) is 19.4 Å². The minimum absolute atomic E-state index is 0.0955. The van der Waals surface area contributed by atoms with Gasteiger partial charge in [0, 0.05) is 11.6 Å². The summed E-state index contributed by atoms with van der Waals surface area (Å²) in [7, 11) is 0. The van der Waals surface area contributed by atoms with Crippen LogP contribution < -0.4 is 29.6 Å². The largest absolute Gasteiger partial charge is 0.494 e. The number of aromatic amines is 1. The van der Waals surface area contributed by atoms with E-state index in [1.807, 2.05) is 0 Å². The van der Waals surface area contributed by atoms with Gasteiger partial charge in [0.05, 0.1) is 24.1 Å². The quantitative estimate of drug-likeness (QED) is 0.175. The first kappa shape index (κ1) is 29.4. The fraction of sp³-hybridized carbons (Fsp3) is 0.323. The second kappa shape index (κ2) is 12.4. The van der Waals surface area contributed by atoms with Crippen molar-refractivity contribution in [3.8, 4) is 34.8 Å². The van der Waals surface area contributed by atoms with Crippen LogP contribution in [0.1, 0.15) is 53.4 Å². The van der Waals surface area contributed by atoms with Crippen LogP contribution in [0.25, 0.3) is 6.08 Å². The third kappa shape index (κ3) is 6.53. The molecule has 0 radical (unpaired) electrons. The van der Waals surface area contributed by atoms with Crippen molar-refractivity contribution in [2.45, 2.75) is 39.3 Å². The SMILES string of the molecule is Cc1c(O)[nH]c(O)c1C(=O)[C@@H](NC(=O)CC(NC(=O)C=Cc1ccc2c(c1)OCO2)c1ccc2c(c1)OCCO2)C(C)C. The molecule has 43 heavy (non-hydrogen) atoms. The summed E-state index contributed by atoms with van der Waals surface area (Å²) in [6, 6.07) is 8.67. The number of amides is 2. The molecule has 0 saturated carbocycles. The highest BCUT2D eigenvalue weighted by atomic mass is 16.7. The molecule has 12 heteroatoms. The number of aromatic hydroxyl groups is 2. The van der Waals surface area contributed by atoms with E-state index in [9.17, 15) is 24.6 Å². The zero-order valence-corrected chi connectivity index (χ0v) is 23.9. The monoisotopic (exact) mass is 591 g/mol. The normalized spacial score (nSPS) is 14.9. The predicted molar refractivity (Wildman–Crippen MR) is 154 cm³/mol. The maximum absolute atomic E-state index is 13.4. The molecule has 3 aromatic rings. The lowest BCUT2D eigenvalue weighted by Gasteiger charge is -2.25. The Kier molecular flexibility index (Phi) is 8.46. The molecule has 1 unspecified atom stereocenters. The molecule has 2 amide bonds. The second-order valence-corrected chi connectivity index (χ2v) is 10.6. The molecule has 0 spiro atoms. The van der Waals surface area contributed by atoms with Gasteiger partial charge in [0.1, 0.15) is 13.2 Å². The number of fused-ring (bicyclic) bond motifs is 2. The summed E-state index contributed by atoms with van der Waals surface area (Å²) in [5.74, 6) is -0.408. The van der Waals surface area contributed by atoms with E-state index in [1.54, 1.807) is 56.3 Å². The number of aromatic nitrogens is 1. The topological polar surface area (TPSA) is 168 Å². The molecule has 0 aliphatic carbocycles. The van der Waals surface area contributed by atoms with Gasteiger partial charge in [-0.15, -0.1) is 0 Å². The van der Waals surface area contributed by atoms with E-state index in [-0.39, 0.29) is 36.1 Å². The molecule has 0 bridgehead atoms. The van der Waals surface area contributed by atoms with Crippen LogP contribution in [0, 0.1) is 12.8 Å². The highest BCUT2D eigenvalue weighted by Gasteiger charge is 2.32. The number of benzene rings is 2. The zero-order valence-electron chi connectivity index (χ0n) is 23.9. The molecule has 1 aromatic heterocycles. The van der Waals surface area contributed by atoms with Gasteiger partial charge in [-0.1, -0.05) is 26.0 Å². The van der Waals surface area contributed by atoms with Crippen molar-refractivity contribution in [3.05, 3.63) is 64.7 Å². The fourth-order valence-corrected chi connectivity index (χ4v) is 4.91. The van der Waals surface area contributed by atoms with Crippen molar-refractivity contribution in [1.29, 1.82) is 0 Å². The number of carbonyl (C=O) groups is 3. The number of Topliss-reactive ketones (excluding diaryl/α,β-unsaturated/α-hetero) is 1. The molecular formula is C31H33N3O9. The highest BCUT2D eigenvalue weighted by molar-refractivity contribution is 6.05. The Hall–Kier alpha value is -5.13. The minimum Gasteiger partial charge on any atom is -0.494 e. The Morgan fingerprint density at radius 2 is 1.58 bits per heavy atom. The Bertz CT molecular complexity index is 1580. The standard InChI is InChI=1S/C31H33N3O9/c1-16(2)28(29(37)27-17(3)30(38)34-31(27)39)33-26(36)14-20(19-6-8-21-24(13-19)41-11-10-40-21)32-25(35)9-5-18-4-7-22-23(12-18)43-15-42-22/h4-9,12-13,16,20,28,34,38-39H,10-11,14-15H2,1-3H3,(H,32,35)(H,33,36)/t20?,28-/m0/s1. The Morgan fingerprint density at radius 1 is 0.907 bits per heavy atom. The second-order valence-electron chi connectivity index (χ2n) is 10.6. The van der Waals surface area contributed by atoms with E-state index in [0.717, 1.165) is 5.56 Å². The van der Waals surface area contributed by atoms with E-state index in [0.29, 0.717) is 41.8 Å². The molecular weight excluding hydrogens is 558 g/mol. The van der Waals surface area contributed by atoms with Crippen LogP contribution in [0.3, 0.4) is 0 Å². The van der Waals surface area contributed by atoms with Crippen molar-refractivity contribution < 1.29 is 43.5 Å². The number of hydrogen-bond acceptors (Lipinski definition) is 9. The summed E-state index contributed by atoms with van der Waals surface area (Å²) in [5.41, 5.74) is 1.40. The number of hydrogen-bond donors (Lipinski definition) is 5. The third-order valence-corrected chi connectivity index (χ3v) is 7.21. The first-order chi connectivity index (χ1) is 20.6. The molecule has 5 rings (SSSR count). The van der Waals surface area contributed by atoms with Crippen molar-refractivity contribution >= 4 is 23.7 Å². The van der Waals surface area contributed by atoms with Crippen LogP contribution in [-0.4, -0.2) is 58.8 Å². The zero-order chi connectivity index (χ0) is 30.7. The van der Waals surface area contributed by atoms with Crippen LogP contribution in [0.4, 0.5) is 0 Å². The van der Waals surface area contributed by atoms with Gasteiger partial charge in [-0.25, -0.2) is 0 Å². The summed E-state index contributed by atoms with van der Waals surface area (Å²) in [6.45, 7) is 5.91. The van der Waals surface area contributed by atoms with E-state index < -0.39 is 35.6 Å². The van der Waals surface area contributed by atoms with Gasteiger partial charge in [-0.05, 0) is 54.3 Å². The highest BCUT2D eigenvalue weighted by Crippen LogP contribution is 2.35. The molecule has 2 aliphatic rings. The van der Waals surface area contributed by atoms with Gasteiger partial charge in [0.15, 0.2) is 34.7 Å². The van der Waals surface area contributed by atoms with Crippen LogP contribution >= 0.6 is 0 Å². The molecule has 2 aromatic carbocycles. The molecule has 5 N–H and O–H groups in total. The lowest BCUT2D eigenvalue weighted by atomic mass is 9.93. The third-order valence-electron chi connectivity index (χ3n) is 7.21. The van der Waals surface area contributed by atoms with Crippen molar-refractivity contribution in [2.24, 2.45) is 5.92 Å². The van der Waals surface area contributed by atoms with E-state index in [1.165, 1.54) is 13.0 Å². The van der Waals surface area contributed by atoms with Crippen molar-refractivity contribution in [3.63, 3.8) is 0 Å². The first-order valence-electron chi connectivity index (χ1n) is 13.8. The fourth-order valence-electron chi connectivity index (χ4n) is 4.91. The van der Waals surface area contributed by atoms with E-state index in [2.05, 4.69) is 15.6 Å². The molecule has 0 fully saturated rings. The summed E-state index contributed by atoms with van der Waals surface area (Å²) in [6.07, 6.45) is 2.76. The van der Waals surface area contributed by atoms with Crippen molar-refractivity contribution in [1.82, 2.24) is 15.6 Å². The summed E-state index contributed by atoms with van der Waals surface area (Å²) in [4.78, 5) is 42.1. The van der Waals surface area contributed by atoms with Crippen molar-refractivity contribution in [2.75, 3.05) is 20.0 Å². The number of H-pyrrole nitrogens is 1. The molecule has 0 saturated heterocycles. The Morgan fingerprint density at radius 3 is 2.30 bits per heavy atom. The predicted octanol–water partition coefficient (Wildman–Crippen LogP) is 3.52. The van der Waals surface area contributed by atoms with Crippen LogP contribution in [-0.2, 0) is 9.59 Å². The number of rotatable bonds is 10. The first-order valence-corrected chi connectivity index (χ1v) is 13.8. The van der Waals surface area contributed by atoms with Gasteiger partial charge in [-0.2, -0.15) is 0 Å². The number of ketones is 1. The maximum Gasteiger partial charge on any atom is 0.244 e. The van der Waals surface area contributed by atoms with Crippen LogP contribution in [0.15, 0.2) is 42.5 Å².